The summed E-state index contributed by atoms with van der Waals surface area (Å²) < 4.78 is 14.2. The van der Waals surface area contributed by atoms with Gasteiger partial charge in [-0.2, -0.15) is 0 Å². The Morgan fingerprint density at radius 3 is 3.00 bits per heavy atom. The third kappa shape index (κ3) is 2.59. The lowest BCUT2D eigenvalue weighted by molar-refractivity contribution is 0.689. The smallest absolute Gasteiger partial charge is 0.151 e. The lowest BCUT2D eigenvalue weighted by Gasteiger charge is -2.01. The number of nitrogens with zero attached hydrogens (tertiary/aromatic N) is 1. The third-order valence-corrected chi connectivity index (χ3v) is 2.12. The number of rotatable bonds is 2. The van der Waals surface area contributed by atoms with Crippen LogP contribution in [0.2, 0.25) is 0 Å². The van der Waals surface area contributed by atoms with E-state index >= 15 is 0 Å². The molecule has 0 aliphatic heterocycles. The molecule has 0 saturated heterocycles. The van der Waals surface area contributed by atoms with Gasteiger partial charge in [0.25, 0.3) is 0 Å². The molecule has 0 radical (unpaired) electrons. The highest BCUT2D eigenvalue weighted by atomic mass is 79.9. The molecule has 11 heavy (non-hydrogen) atoms. The Morgan fingerprint density at radius 2 is 2.45 bits per heavy atom. The largest absolute Gasteiger partial charge is 0.289 e. The second-order valence-electron chi connectivity index (χ2n) is 1.89. The summed E-state index contributed by atoms with van der Waals surface area (Å²) >= 11 is 3.27. The van der Waals surface area contributed by atoms with Crippen molar-refractivity contribution in [1.82, 2.24) is 4.98 Å². The number of anilines is 1. The molecule has 1 rings (SSSR count). The van der Waals surface area contributed by atoms with Gasteiger partial charge in [-0.1, -0.05) is 0 Å². The van der Waals surface area contributed by atoms with E-state index in [0.717, 1.165) is 4.47 Å². The molecule has 0 aromatic carbocycles. The van der Waals surface area contributed by atoms with Gasteiger partial charge in [0.1, 0.15) is 11.0 Å². The van der Waals surface area contributed by atoms with E-state index in [1.165, 1.54) is 0 Å². The predicted molar refractivity (Wildman–Crippen MR) is 49.6 cm³/mol. The number of hydrogen-bond acceptors (Lipinski definition) is 2. The summed E-state index contributed by atoms with van der Waals surface area (Å²) in [7, 11) is -1.07. The normalized spacial score (nSPS) is 12.5. The van der Waals surface area contributed by atoms with Gasteiger partial charge in [0.15, 0.2) is 5.82 Å². The first-order chi connectivity index (χ1) is 5.20. The molecule has 1 atom stereocenters. The number of nitrogens with one attached hydrogen (secondary N) is 1. The van der Waals surface area contributed by atoms with Crippen LogP contribution in [0.1, 0.15) is 0 Å². The Morgan fingerprint density at radius 1 is 1.73 bits per heavy atom. The van der Waals surface area contributed by atoms with Gasteiger partial charge in [0, 0.05) is 12.5 Å². The van der Waals surface area contributed by atoms with Crippen molar-refractivity contribution in [1.29, 1.82) is 0 Å². The van der Waals surface area contributed by atoms with Crippen molar-refractivity contribution < 1.29 is 4.21 Å². The molecule has 1 unspecified atom stereocenters. The molecule has 1 heterocycles. The second-order valence-corrected chi connectivity index (χ2v) is 3.86. The Hall–Kier alpha value is -0.420. The number of aromatic nitrogens is 1. The van der Waals surface area contributed by atoms with E-state index in [4.69, 9.17) is 0 Å². The van der Waals surface area contributed by atoms with E-state index in [1.807, 2.05) is 6.07 Å². The molecule has 3 nitrogen and oxygen atoms in total. The monoisotopic (exact) mass is 234 g/mol. The fourth-order valence-electron chi connectivity index (χ4n) is 0.597. The molecule has 0 aliphatic rings. The van der Waals surface area contributed by atoms with E-state index in [-0.39, 0.29) is 0 Å². The number of halogens is 1. The molecule has 1 aromatic heterocycles. The maximum atomic E-state index is 10.7. The fraction of sp³-hybridized carbons (Fsp3) is 0.167. The van der Waals surface area contributed by atoms with E-state index in [9.17, 15) is 4.21 Å². The van der Waals surface area contributed by atoms with Crippen molar-refractivity contribution in [3.8, 4) is 0 Å². The van der Waals surface area contributed by atoms with Gasteiger partial charge in [-0.3, -0.25) is 4.72 Å². The summed E-state index contributed by atoms with van der Waals surface area (Å²) in [4.78, 5) is 3.97. The lowest BCUT2D eigenvalue weighted by Crippen LogP contribution is -2.03. The van der Waals surface area contributed by atoms with Crippen molar-refractivity contribution in [3.63, 3.8) is 0 Å². The molecule has 0 spiro atoms. The zero-order valence-electron chi connectivity index (χ0n) is 5.87. The average molecular weight is 235 g/mol. The highest BCUT2D eigenvalue weighted by Crippen LogP contribution is 2.17. The molecule has 0 aliphatic carbocycles. The molecule has 0 fully saturated rings. The van der Waals surface area contributed by atoms with Crippen molar-refractivity contribution in [3.05, 3.63) is 22.8 Å². The minimum Gasteiger partial charge on any atom is -0.289 e. The van der Waals surface area contributed by atoms with Crippen molar-refractivity contribution in [2.45, 2.75) is 0 Å². The Labute approximate surface area is 75.9 Å². The molecule has 0 saturated carbocycles. The second kappa shape index (κ2) is 3.82. The van der Waals surface area contributed by atoms with Crippen LogP contribution in [0.3, 0.4) is 0 Å². The van der Waals surface area contributed by atoms with Crippen molar-refractivity contribution >= 4 is 32.7 Å². The van der Waals surface area contributed by atoms with Crippen molar-refractivity contribution in [2.75, 3.05) is 11.0 Å². The molecule has 1 N–H and O–H groups in total. The first kappa shape index (κ1) is 8.67. The third-order valence-electron chi connectivity index (χ3n) is 0.999. The SMILES string of the molecule is CS(=O)Nc1ncccc1Br. The van der Waals surface area contributed by atoms with Crippen LogP contribution in [-0.2, 0) is 11.0 Å². The van der Waals surface area contributed by atoms with Gasteiger partial charge in [-0.25, -0.2) is 9.19 Å². The first-order valence-electron chi connectivity index (χ1n) is 2.91. The van der Waals surface area contributed by atoms with Crippen LogP contribution in [0.25, 0.3) is 0 Å². The van der Waals surface area contributed by atoms with Gasteiger partial charge in [-0.05, 0) is 28.1 Å². The summed E-state index contributed by atoms with van der Waals surface area (Å²) in [6.45, 7) is 0. The van der Waals surface area contributed by atoms with E-state index in [2.05, 4.69) is 25.6 Å². The van der Waals surface area contributed by atoms with Gasteiger partial charge < -0.3 is 0 Å². The number of pyridine rings is 1. The molecular formula is C6H7BrN2OS. The van der Waals surface area contributed by atoms with Crippen molar-refractivity contribution in [2.24, 2.45) is 0 Å². The molecule has 1 aromatic rings. The summed E-state index contributed by atoms with van der Waals surface area (Å²) in [5.41, 5.74) is 0. The topological polar surface area (TPSA) is 42.0 Å². The summed E-state index contributed by atoms with van der Waals surface area (Å²) in [6, 6.07) is 3.63. The molecule has 0 bridgehead atoms. The van der Waals surface area contributed by atoms with Crippen LogP contribution in [0, 0.1) is 0 Å². The van der Waals surface area contributed by atoms with Crippen LogP contribution in [0.4, 0.5) is 5.82 Å². The predicted octanol–water partition coefficient (Wildman–Crippen LogP) is 1.55. The molecule has 60 valence electrons. The number of hydrogen-bond donors (Lipinski definition) is 1. The average Bonchev–Trinajstić information content (AvgIpc) is 1.93. The maximum Gasteiger partial charge on any atom is 0.151 e. The minimum atomic E-state index is -1.07. The molecular weight excluding hydrogens is 228 g/mol. The molecule has 0 amide bonds. The Bertz CT molecular complexity index is 279. The zero-order chi connectivity index (χ0) is 8.27. The van der Waals surface area contributed by atoms with Gasteiger partial charge in [0.05, 0.1) is 4.47 Å². The van der Waals surface area contributed by atoms with E-state index in [0.29, 0.717) is 5.82 Å². The van der Waals surface area contributed by atoms with Gasteiger partial charge in [0.2, 0.25) is 0 Å². The minimum absolute atomic E-state index is 0.605. The maximum absolute atomic E-state index is 10.7. The summed E-state index contributed by atoms with van der Waals surface area (Å²) in [6.07, 6.45) is 3.20. The highest BCUT2D eigenvalue weighted by Gasteiger charge is 1.98. The zero-order valence-corrected chi connectivity index (χ0v) is 8.28. The van der Waals surface area contributed by atoms with Gasteiger partial charge >= 0.3 is 0 Å². The van der Waals surface area contributed by atoms with E-state index in [1.54, 1.807) is 18.5 Å². The van der Waals surface area contributed by atoms with E-state index < -0.39 is 11.0 Å². The van der Waals surface area contributed by atoms with Crippen LogP contribution in [0.15, 0.2) is 22.8 Å². The Kier molecular flexibility index (Phi) is 3.02. The quantitative estimate of drug-likeness (QED) is 0.844. The standard InChI is InChI=1S/C6H7BrN2OS/c1-11(10)9-6-5(7)3-2-4-8-6/h2-4H,1H3,(H,8,9). The summed E-state index contributed by atoms with van der Waals surface area (Å²) in [5.74, 6) is 0.605. The van der Waals surface area contributed by atoms with Crippen LogP contribution >= 0.6 is 15.9 Å². The fourth-order valence-corrected chi connectivity index (χ4v) is 1.52. The summed E-state index contributed by atoms with van der Waals surface area (Å²) in [5, 5.41) is 0. The molecule has 5 heteroatoms. The first-order valence-corrected chi connectivity index (χ1v) is 5.26. The van der Waals surface area contributed by atoms with Crippen LogP contribution in [0.5, 0.6) is 0 Å². The Balaban J connectivity index is 2.86. The highest BCUT2D eigenvalue weighted by molar-refractivity contribution is 9.10. The van der Waals surface area contributed by atoms with Gasteiger partial charge in [-0.15, -0.1) is 0 Å². The van der Waals surface area contributed by atoms with Crippen LogP contribution in [-0.4, -0.2) is 15.4 Å². The van der Waals surface area contributed by atoms with Crippen LogP contribution < -0.4 is 4.72 Å². The lowest BCUT2D eigenvalue weighted by atomic mass is 10.5.